The summed E-state index contributed by atoms with van der Waals surface area (Å²) in [5.74, 6) is -9.39. The molecule has 1 aliphatic rings. The minimum absolute atomic E-state index is 0.144. The van der Waals surface area contributed by atoms with Crippen molar-refractivity contribution < 1.29 is 67.6 Å². The number of esters is 1. The molecule has 4 aromatic rings. The molecule has 0 spiro atoms. The molecule has 1 saturated heterocycles. The lowest BCUT2D eigenvalue weighted by Crippen LogP contribution is -2.58. The molecule has 5 rings (SSSR count). The van der Waals surface area contributed by atoms with E-state index in [1.165, 1.54) is 11.8 Å². The van der Waals surface area contributed by atoms with E-state index in [9.17, 15) is 58.2 Å². The Morgan fingerprint density at radius 1 is 0.642 bits per heavy atom. The standard InChI is InChI=1S/C59H74N8O14/c1-36(51(73)63-43(29-30-50(72)81-58(5,6)7)53(75)65-45(56(78)79)34-49(70)71)62-48(69)35-61-52(74)44(33-47(68)66-59(38-18-11-8-12-19-38,39-20-13-9-14-21-39)40-22-15-10-16-23-40)64-54(76)46-24-17-31-67(46)55(77)42(60)32-37-25-27-41(28-26-37)80-57(2,3)4/h8-16,18-23,25-28,36,42-46H,17,24,29-35,60H2,1-7H3,(H,61,74)(H,62,69)(H,63,73)(H,64,76)(H,65,75)(H,66,68)(H,70,71)(H,78,79)/t36-,42-,43-,44-,45-,46-/m0/s1. The molecule has 4 aromatic carbocycles. The third-order valence-corrected chi connectivity index (χ3v) is 12.8. The third kappa shape index (κ3) is 19.0. The van der Waals surface area contributed by atoms with Crippen LogP contribution in [0.1, 0.15) is 109 Å². The van der Waals surface area contributed by atoms with Gasteiger partial charge in [-0.15, -0.1) is 0 Å². The minimum atomic E-state index is -1.90. The molecule has 10 N–H and O–H groups in total. The first-order chi connectivity index (χ1) is 38.1. The van der Waals surface area contributed by atoms with Crippen molar-refractivity contribution in [2.24, 2.45) is 5.73 Å². The first-order valence-electron chi connectivity index (χ1n) is 26.6. The lowest BCUT2D eigenvalue weighted by molar-refractivity contribution is -0.155. The molecule has 22 heteroatoms. The number of carboxylic acids is 2. The van der Waals surface area contributed by atoms with Gasteiger partial charge in [0.2, 0.25) is 41.4 Å². The number of nitrogens with one attached hydrogen (secondary N) is 6. The zero-order chi connectivity index (χ0) is 59.7. The molecule has 0 bridgehead atoms. The second kappa shape index (κ2) is 28.5. The maximum atomic E-state index is 14.7. The highest BCUT2D eigenvalue weighted by molar-refractivity contribution is 5.98. The SMILES string of the molecule is C[C@H](NC(=O)CNC(=O)[C@H](CC(=O)NC(c1ccccc1)(c1ccccc1)c1ccccc1)NC(=O)[C@@H]1CCCN1C(=O)[C@@H](N)Cc1ccc(OC(C)(C)C)cc1)C(=O)N[C@@H](CCC(=O)OC(C)(C)C)C(=O)N[C@@H](CC(=O)O)C(=O)O. The molecule has 81 heavy (non-hydrogen) atoms. The van der Waals surface area contributed by atoms with Crippen LogP contribution in [0, 0.1) is 0 Å². The molecule has 0 aromatic heterocycles. The van der Waals surface area contributed by atoms with Gasteiger partial charge in [0.15, 0.2) is 0 Å². The van der Waals surface area contributed by atoms with Gasteiger partial charge in [0, 0.05) is 13.0 Å². The summed E-state index contributed by atoms with van der Waals surface area (Å²) in [6.45, 7) is 11.2. The summed E-state index contributed by atoms with van der Waals surface area (Å²) in [5, 5.41) is 33.8. The van der Waals surface area contributed by atoms with Crippen LogP contribution in [-0.2, 0) is 64.6 Å². The molecule has 434 valence electrons. The second-order valence-corrected chi connectivity index (χ2v) is 21.7. The molecular formula is C59H74N8O14. The molecule has 6 atom stereocenters. The Balaban J connectivity index is 1.36. The first kappa shape index (κ1) is 63.2. The highest BCUT2D eigenvalue weighted by Gasteiger charge is 2.41. The van der Waals surface area contributed by atoms with Gasteiger partial charge >= 0.3 is 17.9 Å². The molecule has 0 saturated carbocycles. The van der Waals surface area contributed by atoms with Crippen LogP contribution in [0.2, 0.25) is 0 Å². The monoisotopic (exact) mass is 1120 g/mol. The van der Waals surface area contributed by atoms with Crippen molar-refractivity contribution in [2.75, 3.05) is 13.1 Å². The van der Waals surface area contributed by atoms with Crippen molar-refractivity contribution in [1.29, 1.82) is 0 Å². The number of carbonyl (C=O) groups excluding carboxylic acids is 8. The fraction of sp³-hybridized carbons (Fsp3) is 0.424. The number of hydrogen-bond acceptors (Lipinski definition) is 13. The molecular weight excluding hydrogens is 1040 g/mol. The number of rotatable bonds is 26. The van der Waals surface area contributed by atoms with Gasteiger partial charge in [-0.25, -0.2) is 4.79 Å². The summed E-state index contributed by atoms with van der Waals surface area (Å²) in [5.41, 5.74) is 6.56. The fourth-order valence-electron chi connectivity index (χ4n) is 9.12. The van der Waals surface area contributed by atoms with Crippen molar-refractivity contribution in [1.82, 2.24) is 36.8 Å². The Morgan fingerprint density at radius 2 is 1.19 bits per heavy atom. The molecule has 1 aliphatic heterocycles. The summed E-state index contributed by atoms with van der Waals surface area (Å²) in [7, 11) is 0. The lowest BCUT2D eigenvalue weighted by atomic mass is 9.77. The zero-order valence-electron chi connectivity index (χ0n) is 46.6. The molecule has 0 radical (unpaired) electrons. The number of hydrogen-bond donors (Lipinski definition) is 9. The highest BCUT2D eigenvalue weighted by Crippen LogP contribution is 2.37. The normalized spacial score (nSPS) is 15.3. The van der Waals surface area contributed by atoms with Gasteiger partial charge < -0.3 is 62.2 Å². The quantitative estimate of drug-likeness (QED) is 0.0322. The fourth-order valence-corrected chi connectivity index (χ4v) is 9.12. The topological polar surface area (TPSA) is 331 Å². The van der Waals surface area contributed by atoms with Gasteiger partial charge in [-0.3, -0.25) is 43.2 Å². The lowest BCUT2D eigenvalue weighted by Gasteiger charge is -2.37. The Morgan fingerprint density at radius 3 is 1.69 bits per heavy atom. The van der Waals surface area contributed by atoms with Gasteiger partial charge in [-0.2, -0.15) is 0 Å². The number of carboxylic acid groups (broad SMARTS) is 2. The predicted octanol–water partition coefficient (Wildman–Crippen LogP) is 2.98. The Hall–Kier alpha value is -8.66. The van der Waals surface area contributed by atoms with Crippen molar-refractivity contribution in [3.63, 3.8) is 0 Å². The maximum Gasteiger partial charge on any atom is 0.326 e. The summed E-state index contributed by atoms with van der Waals surface area (Å²) in [6, 6.07) is 25.8. The number of benzene rings is 4. The summed E-state index contributed by atoms with van der Waals surface area (Å²) in [6.07, 6.45) is -1.77. The molecule has 22 nitrogen and oxygen atoms in total. The molecule has 1 fully saturated rings. The van der Waals surface area contributed by atoms with E-state index in [-0.39, 0.29) is 19.4 Å². The maximum absolute atomic E-state index is 14.7. The van der Waals surface area contributed by atoms with E-state index < -0.39 is 144 Å². The van der Waals surface area contributed by atoms with Crippen molar-refractivity contribution in [3.8, 4) is 5.75 Å². The largest absolute Gasteiger partial charge is 0.488 e. The van der Waals surface area contributed by atoms with E-state index in [0.717, 1.165) is 5.56 Å². The molecule has 0 unspecified atom stereocenters. The van der Waals surface area contributed by atoms with Crippen LogP contribution in [0.5, 0.6) is 5.75 Å². The van der Waals surface area contributed by atoms with Crippen LogP contribution < -0.4 is 42.4 Å². The average molecular weight is 1120 g/mol. The van der Waals surface area contributed by atoms with E-state index >= 15 is 0 Å². The molecule has 7 amide bonds. The number of aliphatic carboxylic acids is 2. The van der Waals surface area contributed by atoms with Crippen molar-refractivity contribution in [3.05, 3.63) is 138 Å². The van der Waals surface area contributed by atoms with Gasteiger partial charge in [-0.1, -0.05) is 103 Å². The van der Waals surface area contributed by atoms with Crippen LogP contribution in [-0.4, -0.2) is 135 Å². The van der Waals surface area contributed by atoms with Crippen LogP contribution >= 0.6 is 0 Å². The second-order valence-electron chi connectivity index (χ2n) is 21.7. The summed E-state index contributed by atoms with van der Waals surface area (Å²) < 4.78 is 11.2. The van der Waals surface area contributed by atoms with Crippen molar-refractivity contribution in [2.45, 2.75) is 146 Å². The van der Waals surface area contributed by atoms with E-state index in [0.29, 0.717) is 28.9 Å². The number of likely N-dealkylation sites (tertiary alicyclic amines) is 1. The van der Waals surface area contributed by atoms with E-state index in [1.54, 1.807) is 45.0 Å². The van der Waals surface area contributed by atoms with Gasteiger partial charge in [0.25, 0.3) is 0 Å². The Kier molecular flexibility index (Phi) is 22.2. The van der Waals surface area contributed by atoms with E-state index in [4.69, 9.17) is 15.2 Å². The van der Waals surface area contributed by atoms with Gasteiger partial charge in [0.1, 0.15) is 52.7 Å². The number of nitrogens with zero attached hydrogens (tertiary/aromatic N) is 1. The molecule has 0 aliphatic carbocycles. The zero-order valence-corrected chi connectivity index (χ0v) is 46.6. The smallest absolute Gasteiger partial charge is 0.326 e. The van der Waals surface area contributed by atoms with Crippen LogP contribution in [0.3, 0.4) is 0 Å². The number of ether oxygens (including phenoxy) is 2. The highest BCUT2D eigenvalue weighted by atomic mass is 16.6. The van der Waals surface area contributed by atoms with Crippen LogP contribution in [0.15, 0.2) is 115 Å². The minimum Gasteiger partial charge on any atom is -0.488 e. The Labute approximate surface area is 470 Å². The summed E-state index contributed by atoms with van der Waals surface area (Å²) >= 11 is 0. The average Bonchev–Trinajstić information content (AvgIpc) is 4.07. The van der Waals surface area contributed by atoms with Gasteiger partial charge in [0.05, 0.1) is 25.4 Å². The van der Waals surface area contributed by atoms with Gasteiger partial charge in [-0.05, 0) is 109 Å². The van der Waals surface area contributed by atoms with Crippen LogP contribution in [0.25, 0.3) is 0 Å². The first-order valence-corrected chi connectivity index (χ1v) is 26.6. The van der Waals surface area contributed by atoms with E-state index in [1.807, 2.05) is 112 Å². The Bertz CT molecular complexity index is 2760. The van der Waals surface area contributed by atoms with E-state index in [2.05, 4.69) is 31.9 Å². The summed E-state index contributed by atoms with van der Waals surface area (Å²) in [4.78, 5) is 135. The number of nitrogens with two attached hydrogens (primary N) is 1. The van der Waals surface area contributed by atoms with Crippen LogP contribution in [0.4, 0.5) is 0 Å². The predicted molar refractivity (Wildman–Crippen MR) is 297 cm³/mol. The van der Waals surface area contributed by atoms with Crippen molar-refractivity contribution >= 4 is 59.3 Å². The number of carbonyl (C=O) groups is 10. The number of amides is 7. The molecule has 1 heterocycles. The third-order valence-electron chi connectivity index (χ3n) is 12.8.